The zero-order valence-electron chi connectivity index (χ0n) is 29.7. The van der Waals surface area contributed by atoms with Crippen LogP contribution in [0, 0.1) is 0 Å². The highest BCUT2D eigenvalue weighted by atomic mass is 32.2. The number of aliphatic imine (C=N–C) groups is 1. The average Bonchev–Trinajstić information content (AvgIpc) is 3.14. The molecular weight excluding hydrogens is 678 g/mol. The van der Waals surface area contributed by atoms with Crippen molar-refractivity contribution in [3.63, 3.8) is 0 Å². The number of nitrogens with one attached hydrogen (secondary N) is 2. The van der Waals surface area contributed by atoms with Crippen molar-refractivity contribution in [1.29, 1.82) is 0 Å². The van der Waals surface area contributed by atoms with Gasteiger partial charge in [0.2, 0.25) is 17.4 Å². The van der Waals surface area contributed by atoms with E-state index in [4.69, 9.17) is 38.2 Å². The molecule has 1 heterocycles. The molecule has 1 amide bonds. The minimum Gasteiger partial charge on any atom is -0.493 e. The first-order valence-electron chi connectivity index (χ1n) is 15.7. The molecular formula is C37H41N3O10S. The maximum atomic E-state index is 13.1. The van der Waals surface area contributed by atoms with E-state index in [1.165, 1.54) is 60.5 Å². The van der Waals surface area contributed by atoms with Crippen LogP contribution in [0.15, 0.2) is 70.9 Å². The van der Waals surface area contributed by atoms with Crippen LogP contribution < -0.4 is 39.1 Å². The van der Waals surface area contributed by atoms with Crippen LogP contribution >= 0.6 is 11.8 Å². The fourth-order valence-corrected chi connectivity index (χ4v) is 5.95. The number of ketones is 1. The van der Waals surface area contributed by atoms with Gasteiger partial charge >= 0.3 is 5.97 Å². The SMILES string of the molecule is CCOC(=O)C1=C(C)NC(SCC(=O)Nc2ccc(C(=O)/C=C/c3cc(OC)c(OC)c(OC)c3)cc2)=N[C@H]1c1cc(OC)c(OC)c(OC)c1. The van der Waals surface area contributed by atoms with Gasteiger partial charge in [0.05, 0.1) is 60.6 Å². The highest BCUT2D eigenvalue weighted by Gasteiger charge is 2.32. The van der Waals surface area contributed by atoms with E-state index >= 15 is 0 Å². The molecule has 0 spiro atoms. The van der Waals surface area contributed by atoms with E-state index in [-0.39, 0.29) is 24.1 Å². The van der Waals surface area contributed by atoms with Crippen LogP contribution in [-0.4, -0.2) is 77.8 Å². The molecule has 2 N–H and O–H groups in total. The predicted octanol–water partition coefficient (Wildman–Crippen LogP) is 5.84. The molecule has 0 aliphatic carbocycles. The molecule has 1 aliphatic heterocycles. The number of hydrogen-bond donors (Lipinski definition) is 2. The fraction of sp³-hybridized carbons (Fsp3) is 0.297. The molecule has 0 fully saturated rings. The number of esters is 1. The molecule has 4 rings (SSSR count). The summed E-state index contributed by atoms with van der Waals surface area (Å²) in [5.41, 5.74) is 3.08. The molecule has 13 nitrogen and oxygen atoms in total. The number of rotatable bonds is 15. The quantitative estimate of drug-likeness (QED) is 0.110. The number of ether oxygens (including phenoxy) is 7. The molecule has 270 valence electrons. The van der Waals surface area contributed by atoms with Gasteiger partial charge in [-0.05, 0) is 79.6 Å². The van der Waals surface area contributed by atoms with E-state index in [1.807, 2.05) is 0 Å². The Morgan fingerprint density at radius 3 is 1.88 bits per heavy atom. The van der Waals surface area contributed by atoms with Gasteiger partial charge in [0.25, 0.3) is 0 Å². The lowest BCUT2D eigenvalue weighted by Crippen LogP contribution is -2.31. The number of amides is 1. The number of allylic oxidation sites excluding steroid dienone is 2. The van der Waals surface area contributed by atoms with E-state index in [2.05, 4.69) is 10.6 Å². The number of nitrogens with zero attached hydrogens (tertiary/aromatic N) is 1. The fourth-order valence-electron chi connectivity index (χ4n) is 5.21. The van der Waals surface area contributed by atoms with Gasteiger partial charge in [-0.2, -0.15) is 0 Å². The predicted molar refractivity (Wildman–Crippen MR) is 196 cm³/mol. The first-order valence-corrected chi connectivity index (χ1v) is 16.7. The van der Waals surface area contributed by atoms with E-state index in [9.17, 15) is 14.4 Å². The smallest absolute Gasteiger partial charge is 0.338 e. The van der Waals surface area contributed by atoms with Crippen LogP contribution in [0.5, 0.6) is 34.5 Å². The molecule has 51 heavy (non-hydrogen) atoms. The van der Waals surface area contributed by atoms with Gasteiger partial charge in [-0.3, -0.25) is 9.59 Å². The molecule has 0 radical (unpaired) electrons. The number of carbonyl (C=O) groups excluding carboxylic acids is 3. The van der Waals surface area contributed by atoms with Crippen molar-refractivity contribution in [3.05, 3.63) is 82.6 Å². The Morgan fingerprint density at radius 1 is 0.824 bits per heavy atom. The summed E-state index contributed by atoms with van der Waals surface area (Å²) in [5.74, 6) is 1.56. The van der Waals surface area contributed by atoms with Crippen LogP contribution in [-0.2, 0) is 14.3 Å². The van der Waals surface area contributed by atoms with Crippen molar-refractivity contribution in [3.8, 4) is 34.5 Å². The zero-order chi connectivity index (χ0) is 37.1. The highest BCUT2D eigenvalue weighted by Crippen LogP contribution is 2.43. The number of thioether (sulfide) groups is 1. The molecule has 14 heteroatoms. The molecule has 0 aromatic heterocycles. The van der Waals surface area contributed by atoms with E-state index < -0.39 is 12.0 Å². The van der Waals surface area contributed by atoms with Crippen molar-refractivity contribution in [2.24, 2.45) is 4.99 Å². The lowest BCUT2D eigenvalue weighted by molar-refractivity contribution is -0.139. The molecule has 0 saturated heterocycles. The van der Waals surface area contributed by atoms with Gasteiger partial charge in [-0.25, -0.2) is 9.79 Å². The molecule has 1 aliphatic rings. The second-order valence-electron chi connectivity index (χ2n) is 10.8. The third-order valence-corrected chi connectivity index (χ3v) is 8.51. The number of methoxy groups -OCH3 is 6. The van der Waals surface area contributed by atoms with Gasteiger partial charge in [0.15, 0.2) is 33.9 Å². The van der Waals surface area contributed by atoms with E-state index in [1.54, 1.807) is 68.5 Å². The summed E-state index contributed by atoms with van der Waals surface area (Å²) in [5, 5.41) is 6.39. The molecule has 0 unspecified atom stereocenters. The van der Waals surface area contributed by atoms with Crippen molar-refractivity contribution in [1.82, 2.24) is 5.32 Å². The molecule has 0 saturated carbocycles. The number of anilines is 1. The van der Waals surface area contributed by atoms with Gasteiger partial charge < -0.3 is 43.8 Å². The number of hydrogen-bond acceptors (Lipinski definition) is 13. The Bertz CT molecular complexity index is 1800. The maximum absolute atomic E-state index is 13.1. The van der Waals surface area contributed by atoms with Crippen LogP contribution in [0.3, 0.4) is 0 Å². The summed E-state index contributed by atoms with van der Waals surface area (Å²) in [4.78, 5) is 43.7. The normalized spacial score (nSPS) is 13.9. The van der Waals surface area contributed by atoms with Crippen molar-refractivity contribution in [2.75, 3.05) is 60.3 Å². The van der Waals surface area contributed by atoms with Gasteiger partial charge in [-0.15, -0.1) is 0 Å². The Kier molecular flexibility index (Phi) is 13.4. The molecule has 0 bridgehead atoms. The second kappa shape index (κ2) is 17.9. The van der Waals surface area contributed by atoms with Crippen molar-refractivity contribution < 1.29 is 47.5 Å². The monoisotopic (exact) mass is 719 g/mol. The minimum atomic E-state index is -0.780. The topological polar surface area (TPSA) is 152 Å². The molecule has 1 atom stereocenters. The third kappa shape index (κ3) is 9.14. The van der Waals surface area contributed by atoms with Crippen LogP contribution in [0.4, 0.5) is 5.69 Å². The zero-order valence-corrected chi connectivity index (χ0v) is 30.5. The minimum absolute atomic E-state index is 0.00797. The van der Waals surface area contributed by atoms with Gasteiger partial charge in [0, 0.05) is 16.9 Å². The summed E-state index contributed by atoms with van der Waals surface area (Å²) >= 11 is 1.17. The van der Waals surface area contributed by atoms with Gasteiger partial charge in [0.1, 0.15) is 6.04 Å². The number of amidine groups is 1. The number of carbonyl (C=O) groups is 3. The first-order chi connectivity index (χ1) is 24.6. The van der Waals surface area contributed by atoms with E-state index in [0.29, 0.717) is 73.3 Å². The van der Waals surface area contributed by atoms with Crippen LogP contribution in [0.1, 0.15) is 41.4 Å². The first kappa shape index (κ1) is 38.2. The van der Waals surface area contributed by atoms with Crippen molar-refractivity contribution in [2.45, 2.75) is 19.9 Å². The summed E-state index contributed by atoms with van der Waals surface area (Å²) in [7, 11) is 9.07. The second-order valence-corrected chi connectivity index (χ2v) is 11.7. The summed E-state index contributed by atoms with van der Waals surface area (Å²) in [6, 6.07) is 12.7. The van der Waals surface area contributed by atoms with Crippen molar-refractivity contribution >= 4 is 46.4 Å². The lowest BCUT2D eigenvalue weighted by Gasteiger charge is -2.26. The molecule has 3 aromatic carbocycles. The summed E-state index contributed by atoms with van der Waals surface area (Å²) in [6.07, 6.45) is 3.10. The highest BCUT2D eigenvalue weighted by molar-refractivity contribution is 8.14. The largest absolute Gasteiger partial charge is 0.493 e. The Hall–Kier alpha value is -5.63. The maximum Gasteiger partial charge on any atom is 0.338 e. The Labute approximate surface area is 300 Å². The van der Waals surface area contributed by atoms with E-state index in [0.717, 1.165) is 0 Å². The summed E-state index contributed by atoms with van der Waals surface area (Å²) in [6.45, 7) is 3.66. The van der Waals surface area contributed by atoms with Crippen LogP contribution in [0.25, 0.3) is 6.08 Å². The lowest BCUT2D eigenvalue weighted by atomic mass is 9.96. The van der Waals surface area contributed by atoms with Crippen LogP contribution in [0.2, 0.25) is 0 Å². The Balaban J connectivity index is 1.45. The Morgan fingerprint density at radius 2 is 1.37 bits per heavy atom. The molecule has 3 aromatic rings. The third-order valence-electron chi connectivity index (χ3n) is 7.62. The number of benzene rings is 3. The standard InChI is InChI=1S/C37H41N3O10S/c1-9-50-36(43)32-21(2)38-37(40-33(32)24-18-29(46-5)35(49-8)30(19-24)47-6)51-20-31(42)39-25-13-11-23(12-14-25)26(41)15-10-22-16-27(44-3)34(48-7)28(17-22)45-4/h10-19,33H,9,20H2,1-8H3,(H,38,40)(H,39,42)/b15-10+/t33-/m0/s1. The summed E-state index contributed by atoms with van der Waals surface area (Å²) < 4.78 is 37.9. The van der Waals surface area contributed by atoms with Gasteiger partial charge in [-0.1, -0.05) is 17.8 Å². The average molecular weight is 720 g/mol.